The Labute approximate surface area is 163 Å². The highest BCUT2D eigenvalue weighted by molar-refractivity contribution is 6.04. The third-order valence-electron chi connectivity index (χ3n) is 4.01. The van der Waals surface area contributed by atoms with Gasteiger partial charge in [-0.25, -0.2) is 4.68 Å². The van der Waals surface area contributed by atoms with Crippen LogP contribution in [-0.4, -0.2) is 41.7 Å². The predicted octanol–water partition coefficient (Wildman–Crippen LogP) is 3.07. The van der Waals surface area contributed by atoms with Crippen LogP contribution < -0.4 is 14.8 Å². The Kier molecular flexibility index (Phi) is 6.23. The van der Waals surface area contributed by atoms with Crippen LogP contribution >= 0.6 is 0 Å². The molecule has 0 saturated carbocycles. The minimum atomic E-state index is -0.390. The molecule has 0 atom stereocenters. The number of rotatable bonds is 8. The smallest absolute Gasteiger partial charge is 0.278 e. The van der Waals surface area contributed by atoms with E-state index in [-0.39, 0.29) is 18.2 Å². The standard InChI is InChI=1S/C20H22N4O4/c1-4-28-18-8-6-5-7-16(18)21-20(25)19-17(13-26-2)24(23-22-19)14-9-11-15(27-3)12-10-14/h5-12H,4,13H2,1-3H3,(H,21,25). The molecule has 28 heavy (non-hydrogen) atoms. The SMILES string of the molecule is CCOc1ccccc1NC(=O)c1nnn(-c2ccc(OC)cc2)c1COC. The molecule has 8 heteroatoms. The van der Waals surface area contributed by atoms with Crippen molar-refractivity contribution >= 4 is 11.6 Å². The molecule has 3 aromatic rings. The highest BCUT2D eigenvalue weighted by Crippen LogP contribution is 2.25. The number of anilines is 1. The maximum Gasteiger partial charge on any atom is 0.278 e. The first-order chi connectivity index (χ1) is 13.7. The maximum atomic E-state index is 12.9. The molecule has 0 fully saturated rings. The first-order valence-electron chi connectivity index (χ1n) is 8.79. The largest absolute Gasteiger partial charge is 0.497 e. The van der Waals surface area contributed by atoms with E-state index in [0.29, 0.717) is 23.7 Å². The van der Waals surface area contributed by atoms with Crippen molar-refractivity contribution in [2.75, 3.05) is 26.1 Å². The Balaban J connectivity index is 1.91. The van der Waals surface area contributed by atoms with Gasteiger partial charge in [0.1, 0.15) is 17.2 Å². The van der Waals surface area contributed by atoms with E-state index >= 15 is 0 Å². The van der Waals surface area contributed by atoms with Crippen molar-refractivity contribution in [1.29, 1.82) is 0 Å². The zero-order valence-electron chi connectivity index (χ0n) is 16.0. The summed E-state index contributed by atoms with van der Waals surface area (Å²) in [7, 11) is 3.15. The van der Waals surface area contributed by atoms with E-state index in [9.17, 15) is 4.79 Å². The number of aromatic nitrogens is 3. The number of hydrogen-bond acceptors (Lipinski definition) is 6. The van der Waals surface area contributed by atoms with Crippen LogP contribution in [-0.2, 0) is 11.3 Å². The van der Waals surface area contributed by atoms with Crippen LogP contribution in [0, 0.1) is 0 Å². The lowest BCUT2D eigenvalue weighted by Crippen LogP contribution is -2.16. The molecule has 0 spiro atoms. The monoisotopic (exact) mass is 382 g/mol. The van der Waals surface area contributed by atoms with Gasteiger partial charge < -0.3 is 19.5 Å². The fourth-order valence-corrected chi connectivity index (χ4v) is 2.71. The van der Waals surface area contributed by atoms with Crippen molar-refractivity contribution in [3.05, 3.63) is 59.9 Å². The normalized spacial score (nSPS) is 10.5. The molecule has 0 aliphatic rings. The van der Waals surface area contributed by atoms with Crippen molar-refractivity contribution in [2.24, 2.45) is 0 Å². The molecule has 0 aliphatic heterocycles. The van der Waals surface area contributed by atoms with Gasteiger partial charge >= 0.3 is 0 Å². The molecule has 2 aromatic carbocycles. The molecule has 0 aliphatic carbocycles. The lowest BCUT2D eigenvalue weighted by atomic mass is 10.2. The van der Waals surface area contributed by atoms with Gasteiger partial charge in [0.2, 0.25) is 0 Å². The minimum Gasteiger partial charge on any atom is -0.497 e. The summed E-state index contributed by atoms with van der Waals surface area (Å²) >= 11 is 0. The third-order valence-corrected chi connectivity index (χ3v) is 4.01. The van der Waals surface area contributed by atoms with Crippen LogP contribution in [0.3, 0.4) is 0 Å². The van der Waals surface area contributed by atoms with Crippen LogP contribution in [0.25, 0.3) is 5.69 Å². The van der Waals surface area contributed by atoms with Crippen LogP contribution in [0.15, 0.2) is 48.5 Å². The molecule has 8 nitrogen and oxygen atoms in total. The van der Waals surface area contributed by atoms with Crippen LogP contribution in [0.4, 0.5) is 5.69 Å². The van der Waals surface area contributed by atoms with Gasteiger partial charge in [0, 0.05) is 7.11 Å². The number of carbonyl (C=O) groups is 1. The zero-order valence-corrected chi connectivity index (χ0v) is 16.0. The summed E-state index contributed by atoms with van der Waals surface area (Å²) in [6, 6.07) is 14.5. The van der Waals surface area contributed by atoms with Crippen LogP contribution in [0.5, 0.6) is 11.5 Å². The van der Waals surface area contributed by atoms with Crippen molar-refractivity contribution < 1.29 is 19.0 Å². The Morgan fingerprint density at radius 2 is 1.86 bits per heavy atom. The Morgan fingerprint density at radius 3 is 2.54 bits per heavy atom. The fraction of sp³-hybridized carbons (Fsp3) is 0.250. The van der Waals surface area contributed by atoms with Gasteiger partial charge in [-0.1, -0.05) is 17.3 Å². The number of nitrogens with zero attached hydrogens (tertiary/aromatic N) is 3. The fourth-order valence-electron chi connectivity index (χ4n) is 2.71. The molecular formula is C20H22N4O4. The number of amides is 1. The third kappa shape index (κ3) is 4.12. The van der Waals surface area contributed by atoms with Gasteiger partial charge in [-0.2, -0.15) is 0 Å². The highest BCUT2D eigenvalue weighted by atomic mass is 16.5. The van der Waals surface area contributed by atoms with E-state index in [0.717, 1.165) is 11.4 Å². The molecule has 1 N–H and O–H groups in total. The summed E-state index contributed by atoms with van der Waals surface area (Å²) in [4.78, 5) is 12.9. The van der Waals surface area contributed by atoms with E-state index < -0.39 is 0 Å². The van der Waals surface area contributed by atoms with Gasteiger partial charge in [-0.15, -0.1) is 5.10 Å². The number of methoxy groups -OCH3 is 2. The summed E-state index contributed by atoms with van der Waals surface area (Å²) in [6.07, 6.45) is 0. The number of nitrogens with one attached hydrogen (secondary N) is 1. The summed E-state index contributed by atoms with van der Waals surface area (Å²) in [5.41, 5.74) is 2.04. The van der Waals surface area contributed by atoms with Gasteiger partial charge in [-0.3, -0.25) is 4.79 Å². The Morgan fingerprint density at radius 1 is 1.11 bits per heavy atom. The maximum absolute atomic E-state index is 12.9. The molecule has 0 saturated heterocycles. The molecule has 1 heterocycles. The molecule has 0 bridgehead atoms. The van der Waals surface area contributed by atoms with Crippen molar-refractivity contribution in [2.45, 2.75) is 13.5 Å². The molecule has 1 aromatic heterocycles. The van der Waals surface area contributed by atoms with E-state index in [1.807, 2.05) is 43.3 Å². The van der Waals surface area contributed by atoms with Gasteiger partial charge in [0.15, 0.2) is 5.69 Å². The summed E-state index contributed by atoms with van der Waals surface area (Å²) in [5, 5.41) is 11.0. The summed E-state index contributed by atoms with van der Waals surface area (Å²) < 4.78 is 17.6. The average Bonchev–Trinajstić information content (AvgIpc) is 3.14. The minimum absolute atomic E-state index is 0.175. The Bertz CT molecular complexity index is 938. The highest BCUT2D eigenvalue weighted by Gasteiger charge is 2.21. The van der Waals surface area contributed by atoms with Crippen molar-refractivity contribution in [3.63, 3.8) is 0 Å². The zero-order chi connectivity index (χ0) is 19.9. The van der Waals surface area contributed by atoms with Gasteiger partial charge in [-0.05, 0) is 43.3 Å². The quantitative estimate of drug-likeness (QED) is 0.644. The molecule has 0 radical (unpaired) electrons. The van der Waals surface area contributed by atoms with Gasteiger partial charge in [0.05, 0.1) is 31.7 Å². The second-order valence-corrected chi connectivity index (χ2v) is 5.81. The Hall–Kier alpha value is -3.39. The molecular weight excluding hydrogens is 360 g/mol. The molecule has 1 amide bonds. The number of para-hydroxylation sites is 2. The lowest BCUT2D eigenvalue weighted by Gasteiger charge is -2.11. The number of ether oxygens (including phenoxy) is 3. The first-order valence-corrected chi connectivity index (χ1v) is 8.79. The first kappa shape index (κ1) is 19.4. The molecule has 146 valence electrons. The summed E-state index contributed by atoms with van der Waals surface area (Å²) in [6.45, 7) is 2.56. The lowest BCUT2D eigenvalue weighted by molar-refractivity contribution is 0.101. The second kappa shape index (κ2) is 9.01. The average molecular weight is 382 g/mol. The predicted molar refractivity (Wildman–Crippen MR) is 104 cm³/mol. The number of hydrogen-bond donors (Lipinski definition) is 1. The van der Waals surface area contributed by atoms with E-state index in [1.54, 1.807) is 31.0 Å². The van der Waals surface area contributed by atoms with Crippen molar-refractivity contribution in [3.8, 4) is 17.2 Å². The molecule has 3 rings (SSSR count). The van der Waals surface area contributed by atoms with E-state index in [4.69, 9.17) is 14.2 Å². The second-order valence-electron chi connectivity index (χ2n) is 5.81. The van der Waals surface area contributed by atoms with Gasteiger partial charge in [0.25, 0.3) is 5.91 Å². The van der Waals surface area contributed by atoms with Crippen LogP contribution in [0.1, 0.15) is 23.1 Å². The van der Waals surface area contributed by atoms with Crippen LogP contribution in [0.2, 0.25) is 0 Å². The topological polar surface area (TPSA) is 87.5 Å². The number of carbonyl (C=O) groups excluding carboxylic acids is 1. The summed E-state index contributed by atoms with van der Waals surface area (Å²) in [5.74, 6) is 0.927. The molecule has 0 unspecified atom stereocenters. The van der Waals surface area contributed by atoms with E-state index in [1.165, 1.54) is 0 Å². The van der Waals surface area contributed by atoms with Crippen molar-refractivity contribution in [1.82, 2.24) is 15.0 Å². The van der Waals surface area contributed by atoms with E-state index in [2.05, 4.69) is 15.6 Å². The number of benzene rings is 2.